The Morgan fingerprint density at radius 3 is 0.868 bits per heavy atom. The lowest BCUT2D eigenvalue weighted by molar-refractivity contribution is -0.161. The maximum atomic E-state index is 13.1. The van der Waals surface area contributed by atoms with Crippen LogP contribution >= 0.6 is 15.6 Å². The van der Waals surface area contributed by atoms with Gasteiger partial charge in [-0.05, 0) is 154 Å². The summed E-state index contributed by atoms with van der Waals surface area (Å²) in [5.41, 5.74) is 0. The number of allylic oxidation sites excluding steroid dienone is 25. The van der Waals surface area contributed by atoms with Gasteiger partial charge in [-0.2, -0.15) is 0 Å². The van der Waals surface area contributed by atoms with Crippen LogP contribution in [0, 0.1) is 0 Å². The van der Waals surface area contributed by atoms with E-state index in [1.165, 1.54) is 44.9 Å². The Kier molecular flexibility index (Phi) is 73.9. The molecular formula is C87H144O17P2. The average molecular weight is 1520 g/mol. The van der Waals surface area contributed by atoms with Crippen molar-refractivity contribution < 1.29 is 80.2 Å². The van der Waals surface area contributed by atoms with Crippen LogP contribution in [-0.4, -0.2) is 96.7 Å². The summed E-state index contributed by atoms with van der Waals surface area (Å²) in [6, 6.07) is 0. The van der Waals surface area contributed by atoms with Gasteiger partial charge >= 0.3 is 39.5 Å². The van der Waals surface area contributed by atoms with E-state index in [4.69, 9.17) is 37.0 Å². The van der Waals surface area contributed by atoms with Crippen LogP contribution in [0.5, 0.6) is 0 Å². The highest BCUT2D eigenvalue weighted by molar-refractivity contribution is 7.47. The second-order valence-electron chi connectivity index (χ2n) is 26.6. The number of carbonyl (C=O) groups excluding carboxylic acids is 4. The summed E-state index contributed by atoms with van der Waals surface area (Å²) in [6.45, 7) is 4.45. The molecule has 17 nitrogen and oxygen atoms in total. The molecule has 0 rings (SSSR count). The molecule has 0 aromatic rings. The van der Waals surface area contributed by atoms with E-state index >= 15 is 0 Å². The summed E-state index contributed by atoms with van der Waals surface area (Å²) in [5, 5.41) is 10.6. The molecule has 0 bridgehead atoms. The van der Waals surface area contributed by atoms with Gasteiger partial charge in [-0.3, -0.25) is 37.3 Å². The minimum Gasteiger partial charge on any atom is -0.462 e. The zero-order chi connectivity index (χ0) is 77.4. The summed E-state index contributed by atoms with van der Waals surface area (Å²) in [4.78, 5) is 73.0. The van der Waals surface area contributed by atoms with E-state index in [9.17, 15) is 43.2 Å². The third kappa shape index (κ3) is 76.9. The van der Waals surface area contributed by atoms with Crippen molar-refractivity contribution in [1.82, 2.24) is 0 Å². The molecule has 0 aromatic heterocycles. The number of rotatable bonds is 75. The molecule has 3 N–H and O–H groups in total. The van der Waals surface area contributed by atoms with E-state index in [-0.39, 0.29) is 25.7 Å². The predicted molar refractivity (Wildman–Crippen MR) is 436 cm³/mol. The predicted octanol–water partition coefficient (Wildman–Crippen LogP) is 24.0. The van der Waals surface area contributed by atoms with Gasteiger partial charge in [0.25, 0.3) is 0 Å². The van der Waals surface area contributed by atoms with Crippen LogP contribution in [0.15, 0.2) is 158 Å². The summed E-state index contributed by atoms with van der Waals surface area (Å²) < 4.78 is 68.5. The fourth-order valence-electron chi connectivity index (χ4n) is 10.3. The highest BCUT2D eigenvalue weighted by atomic mass is 31.2. The molecule has 0 heterocycles. The van der Waals surface area contributed by atoms with E-state index in [0.717, 1.165) is 186 Å². The molecule has 0 aliphatic carbocycles. The number of phosphoric ester groups is 2. The number of esters is 4. The van der Waals surface area contributed by atoms with Crippen LogP contribution in [0.2, 0.25) is 0 Å². The van der Waals surface area contributed by atoms with E-state index in [1.807, 2.05) is 18.2 Å². The second kappa shape index (κ2) is 77.8. The van der Waals surface area contributed by atoms with Crippen LogP contribution in [0.1, 0.15) is 310 Å². The highest BCUT2D eigenvalue weighted by Gasteiger charge is 2.30. The lowest BCUT2D eigenvalue weighted by Gasteiger charge is -2.21. The van der Waals surface area contributed by atoms with Gasteiger partial charge in [-0.1, -0.05) is 288 Å². The molecule has 0 radical (unpaired) electrons. The van der Waals surface area contributed by atoms with Crippen molar-refractivity contribution in [3.8, 4) is 0 Å². The van der Waals surface area contributed by atoms with Crippen molar-refractivity contribution in [1.29, 1.82) is 0 Å². The van der Waals surface area contributed by atoms with E-state index in [1.54, 1.807) is 6.08 Å². The molecule has 0 saturated carbocycles. The van der Waals surface area contributed by atoms with E-state index in [0.29, 0.717) is 25.7 Å². The Hall–Kier alpha value is -5.32. The number of carbonyl (C=O) groups is 4. The van der Waals surface area contributed by atoms with Crippen molar-refractivity contribution in [3.05, 3.63) is 158 Å². The topological polar surface area (TPSA) is 237 Å². The number of aliphatic hydroxyl groups excluding tert-OH is 1. The first kappa shape index (κ1) is 101. The molecule has 106 heavy (non-hydrogen) atoms. The van der Waals surface area contributed by atoms with Crippen molar-refractivity contribution in [2.45, 2.75) is 329 Å². The van der Waals surface area contributed by atoms with Crippen molar-refractivity contribution in [2.75, 3.05) is 39.6 Å². The maximum absolute atomic E-state index is 13.1. The SMILES string of the molecule is CC/C=C\C/C=C\C/C=C\C/C=C\C/C=C\CC(=O)OCC(COP(=O)(O)OCC(O)COP(=O)(O)OCC(COC(=O)CCCCCCCC/C=C\C/C=C\C/C=C\C/C=C\CC)OC(=O)CCCCCCCC/C=C\C/C=C\C/C=C\CCCCC)OC(=O)CCCCCCC/C=C\CCCCCC. The van der Waals surface area contributed by atoms with E-state index < -0.39 is 97.5 Å². The first-order valence-electron chi connectivity index (χ1n) is 40.7. The van der Waals surface area contributed by atoms with Crippen molar-refractivity contribution >= 4 is 39.5 Å². The number of aliphatic hydroxyl groups is 1. The van der Waals surface area contributed by atoms with Gasteiger partial charge in [-0.15, -0.1) is 0 Å². The van der Waals surface area contributed by atoms with Gasteiger partial charge < -0.3 is 33.8 Å². The average Bonchev–Trinajstić information content (AvgIpc) is 0.901. The normalized spacial score (nSPS) is 14.7. The fraction of sp³-hybridized carbons (Fsp3) is 0.655. The quantitative estimate of drug-likeness (QED) is 0.0169. The molecule has 0 amide bonds. The number of hydrogen-bond acceptors (Lipinski definition) is 15. The first-order valence-corrected chi connectivity index (χ1v) is 43.7. The molecule has 0 fully saturated rings. The summed E-state index contributed by atoms with van der Waals surface area (Å²) in [5.74, 6) is -2.37. The summed E-state index contributed by atoms with van der Waals surface area (Å²) in [6.07, 6.45) is 91.0. The Balaban J connectivity index is 5.46. The van der Waals surface area contributed by atoms with Gasteiger partial charge in [0.15, 0.2) is 12.2 Å². The molecule has 5 unspecified atom stereocenters. The third-order valence-electron chi connectivity index (χ3n) is 16.5. The van der Waals surface area contributed by atoms with Crippen molar-refractivity contribution in [3.63, 3.8) is 0 Å². The molecule has 0 aliphatic rings. The van der Waals surface area contributed by atoms with E-state index in [2.05, 4.69) is 161 Å². The lowest BCUT2D eigenvalue weighted by Crippen LogP contribution is -2.30. The smallest absolute Gasteiger partial charge is 0.462 e. The highest BCUT2D eigenvalue weighted by Crippen LogP contribution is 2.45. The first-order chi connectivity index (χ1) is 51.7. The fourth-order valence-corrected chi connectivity index (χ4v) is 11.9. The molecule has 0 aliphatic heterocycles. The Morgan fingerprint density at radius 2 is 0.528 bits per heavy atom. The van der Waals surface area contributed by atoms with Gasteiger partial charge in [-0.25, -0.2) is 9.13 Å². The van der Waals surface area contributed by atoms with Gasteiger partial charge in [0.05, 0.1) is 32.8 Å². The number of phosphoric acid groups is 2. The van der Waals surface area contributed by atoms with Gasteiger partial charge in [0.2, 0.25) is 0 Å². The Labute approximate surface area is 642 Å². The van der Waals surface area contributed by atoms with Crippen LogP contribution in [0.3, 0.4) is 0 Å². The molecule has 604 valence electrons. The van der Waals surface area contributed by atoms with Crippen LogP contribution in [0.25, 0.3) is 0 Å². The zero-order valence-electron chi connectivity index (χ0n) is 66.1. The molecule has 19 heteroatoms. The zero-order valence-corrected chi connectivity index (χ0v) is 67.8. The monoisotopic (exact) mass is 1520 g/mol. The summed E-state index contributed by atoms with van der Waals surface area (Å²) in [7, 11) is -10.0. The summed E-state index contributed by atoms with van der Waals surface area (Å²) >= 11 is 0. The number of unbranched alkanes of at least 4 members (excludes halogenated alkanes) is 24. The minimum atomic E-state index is -5.00. The van der Waals surface area contributed by atoms with Gasteiger partial charge in [0, 0.05) is 19.3 Å². The Morgan fingerprint density at radius 1 is 0.283 bits per heavy atom. The van der Waals surface area contributed by atoms with Crippen LogP contribution in [-0.2, 0) is 65.4 Å². The van der Waals surface area contributed by atoms with Crippen LogP contribution < -0.4 is 0 Å². The largest absolute Gasteiger partial charge is 0.472 e. The minimum absolute atomic E-state index is 0.0610. The molecule has 0 aromatic carbocycles. The molecule has 0 spiro atoms. The van der Waals surface area contributed by atoms with Crippen molar-refractivity contribution in [2.24, 2.45) is 0 Å². The maximum Gasteiger partial charge on any atom is 0.472 e. The third-order valence-corrected chi connectivity index (χ3v) is 18.4. The lowest BCUT2D eigenvalue weighted by atomic mass is 10.1. The number of hydrogen-bond donors (Lipinski definition) is 3. The Bertz CT molecular complexity index is 2630. The number of ether oxygens (including phenoxy) is 4. The molecular weight excluding hydrogens is 1380 g/mol. The molecule has 5 atom stereocenters. The van der Waals surface area contributed by atoms with Gasteiger partial charge in [0.1, 0.15) is 19.3 Å². The molecule has 0 saturated heterocycles. The standard InChI is InChI=1S/C87H144O17P2/c1-5-9-13-17-21-25-29-33-36-38-40-42-45-49-52-56-60-64-68-72-85(90)98-78-83(104-87(92)74-70-66-62-58-54-50-46-43-41-39-37-34-30-26-22-18-14-10-6-2)80-102-106(95,96)100-76-81(88)75-99-105(93,94)101-79-82(103-86(91)73-69-65-61-57-53-47-32-28-24-20-16-12-8-4)77-97-84(89)71-67-63-59-55-51-48-44-35-31-27-23-19-15-11-7-3/h9,11,13,15,21-23,25-28,32-37,40-44,51,55,63,67,81-83,88H,5-8,10,12,14,16-20,24,29-31,38-39,45-50,52-54,56-62,64-66,68-80H2,1-4H3,(H,93,94)(H,95,96)/b13-9-,15-11-,25-21-,26-22-,27-23-,32-28-,36-33-,37-34-,42-40-,43-41-,44-35-,55-51-,67-63-. The van der Waals surface area contributed by atoms with Crippen LogP contribution in [0.4, 0.5) is 0 Å². The second-order valence-corrected chi connectivity index (χ2v) is 29.5.